The summed E-state index contributed by atoms with van der Waals surface area (Å²) in [4.78, 5) is 0. The summed E-state index contributed by atoms with van der Waals surface area (Å²) in [6, 6.07) is 0.433. The van der Waals surface area contributed by atoms with E-state index in [9.17, 15) is 0 Å². The average molecular weight is 339 g/mol. The first-order valence-electron chi connectivity index (χ1n) is 8.00. The highest BCUT2D eigenvalue weighted by Gasteiger charge is 2.67. The number of rotatable bonds is 5. The molecule has 0 spiro atoms. The molecule has 4 rings (SSSR count). The standard InChI is InChI=1S/C15H23BrN4/c1-3-6-17-13(14-15(16)18-19-20(14)2)12-10-8-4-5-9(7-8)11(10)12/h8-13,17H,3-7H2,1-2H3. The summed E-state index contributed by atoms with van der Waals surface area (Å²) < 4.78 is 2.87. The van der Waals surface area contributed by atoms with Gasteiger partial charge in [-0.3, -0.25) is 0 Å². The molecule has 0 saturated heterocycles. The summed E-state index contributed by atoms with van der Waals surface area (Å²) in [5, 5.41) is 12.2. The van der Waals surface area contributed by atoms with Gasteiger partial charge in [0.2, 0.25) is 0 Å². The van der Waals surface area contributed by atoms with Crippen LogP contribution in [-0.4, -0.2) is 21.5 Å². The molecule has 3 aliphatic carbocycles. The lowest BCUT2D eigenvalue weighted by atomic mass is 9.95. The largest absolute Gasteiger partial charge is 0.308 e. The number of fused-ring (bicyclic) bond motifs is 5. The second-order valence-corrected chi connectivity index (χ2v) is 7.64. The van der Waals surface area contributed by atoms with Crippen molar-refractivity contribution in [2.75, 3.05) is 6.54 Å². The number of halogens is 1. The van der Waals surface area contributed by atoms with Crippen molar-refractivity contribution in [3.05, 3.63) is 10.3 Å². The Hall–Kier alpha value is -0.420. The summed E-state index contributed by atoms with van der Waals surface area (Å²) >= 11 is 3.60. The third-order valence-electron chi connectivity index (χ3n) is 5.92. The van der Waals surface area contributed by atoms with Gasteiger partial charge in [0, 0.05) is 7.05 Å². The Kier molecular flexibility index (Phi) is 3.18. The lowest BCUT2D eigenvalue weighted by Crippen LogP contribution is -2.28. The van der Waals surface area contributed by atoms with E-state index in [1.807, 2.05) is 11.7 Å². The molecule has 110 valence electrons. The lowest BCUT2D eigenvalue weighted by molar-refractivity contribution is 0.356. The molecule has 20 heavy (non-hydrogen) atoms. The SMILES string of the molecule is CCCNC(c1c(Br)nnn1C)C1C2C3CCC(C3)C21. The number of nitrogens with zero attached hydrogens (tertiary/aromatic N) is 3. The Morgan fingerprint density at radius 1 is 1.35 bits per heavy atom. The molecular weight excluding hydrogens is 316 g/mol. The molecule has 3 aliphatic rings. The molecule has 3 saturated carbocycles. The zero-order valence-corrected chi connectivity index (χ0v) is 13.8. The molecule has 5 heteroatoms. The van der Waals surface area contributed by atoms with Gasteiger partial charge >= 0.3 is 0 Å². The van der Waals surface area contributed by atoms with Crippen LogP contribution in [0.3, 0.4) is 0 Å². The highest BCUT2D eigenvalue weighted by atomic mass is 79.9. The van der Waals surface area contributed by atoms with Gasteiger partial charge in [-0.15, -0.1) is 5.10 Å². The lowest BCUT2D eigenvalue weighted by Gasteiger charge is -2.22. The van der Waals surface area contributed by atoms with Gasteiger partial charge in [-0.1, -0.05) is 12.1 Å². The first-order valence-corrected chi connectivity index (χ1v) is 8.80. The van der Waals surface area contributed by atoms with E-state index in [1.165, 1.54) is 31.4 Å². The van der Waals surface area contributed by atoms with Crippen LogP contribution in [-0.2, 0) is 7.05 Å². The van der Waals surface area contributed by atoms with Crippen LogP contribution in [0, 0.1) is 29.6 Å². The van der Waals surface area contributed by atoms with Crippen molar-refractivity contribution in [2.24, 2.45) is 36.6 Å². The summed E-state index contributed by atoms with van der Waals surface area (Å²) in [5.74, 6) is 4.80. The van der Waals surface area contributed by atoms with Gasteiger partial charge < -0.3 is 5.32 Å². The topological polar surface area (TPSA) is 42.7 Å². The monoisotopic (exact) mass is 338 g/mol. The number of hydrogen-bond acceptors (Lipinski definition) is 3. The molecule has 5 unspecified atom stereocenters. The first kappa shape index (κ1) is 13.3. The van der Waals surface area contributed by atoms with E-state index in [0.717, 1.165) is 40.7 Å². The predicted octanol–water partition coefficient (Wildman–Crippen LogP) is 2.91. The van der Waals surface area contributed by atoms with E-state index in [-0.39, 0.29) is 0 Å². The fraction of sp³-hybridized carbons (Fsp3) is 0.867. The Morgan fingerprint density at radius 2 is 2.05 bits per heavy atom. The molecule has 5 atom stereocenters. The minimum absolute atomic E-state index is 0.433. The molecule has 3 fully saturated rings. The number of aryl methyl sites for hydroxylation is 1. The van der Waals surface area contributed by atoms with E-state index < -0.39 is 0 Å². The Balaban J connectivity index is 1.61. The molecule has 4 nitrogen and oxygen atoms in total. The van der Waals surface area contributed by atoms with Crippen molar-refractivity contribution in [1.82, 2.24) is 20.3 Å². The van der Waals surface area contributed by atoms with Crippen LogP contribution >= 0.6 is 15.9 Å². The quantitative estimate of drug-likeness (QED) is 0.897. The number of hydrogen-bond donors (Lipinski definition) is 1. The first-order chi connectivity index (χ1) is 9.72. The van der Waals surface area contributed by atoms with Crippen molar-refractivity contribution < 1.29 is 0 Å². The Morgan fingerprint density at radius 3 is 2.60 bits per heavy atom. The van der Waals surface area contributed by atoms with Crippen molar-refractivity contribution in [1.29, 1.82) is 0 Å². The molecule has 2 bridgehead atoms. The van der Waals surface area contributed by atoms with Gasteiger partial charge in [-0.2, -0.15) is 0 Å². The van der Waals surface area contributed by atoms with Gasteiger partial charge in [0.15, 0.2) is 4.60 Å². The smallest absolute Gasteiger partial charge is 0.153 e. The average Bonchev–Trinajstić information content (AvgIpc) is 2.73. The van der Waals surface area contributed by atoms with Gasteiger partial charge in [0.05, 0.1) is 11.7 Å². The molecule has 0 amide bonds. The molecule has 0 aliphatic heterocycles. The van der Waals surface area contributed by atoms with Crippen molar-refractivity contribution in [3.8, 4) is 0 Å². The highest BCUT2D eigenvalue weighted by molar-refractivity contribution is 9.10. The van der Waals surface area contributed by atoms with Gasteiger partial charge in [-0.05, 0) is 77.7 Å². The van der Waals surface area contributed by atoms with E-state index in [2.05, 4.69) is 38.5 Å². The van der Waals surface area contributed by atoms with Gasteiger partial charge in [0.25, 0.3) is 0 Å². The number of aromatic nitrogens is 3. The van der Waals surface area contributed by atoms with E-state index >= 15 is 0 Å². The second kappa shape index (κ2) is 4.80. The fourth-order valence-corrected chi connectivity index (χ4v) is 5.80. The Labute approximate surface area is 128 Å². The molecule has 0 aromatic carbocycles. The van der Waals surface area contributed by atoms with Crippen molar-refractivity contribution in [2.45, 2.75) is 38.6 Å². The van der Waals surface area contributed by atoms with Gasteiger partial charge in [-0.25, -0.2) is 4.68 Å². The fourth-order valence-electron chi connectivity index (χ4n) is 5.22. The van der Waals surface area contributed by atoms with Crippen LogP contribution in [0.15, 0.2) is 4.60 Å². The Bertz CT molecular complexity index is 478. The summed E-state index contributed by atoms with van der Waals surface area (Å²) in [5.41, 5.74) is 1.25. The van der Waals surface area contributed by atoms with Gasteiger partial charge in [0.1, 0.15) is 0 Å². The van der Waals surface area contributed by atoms with Crippen LogP contribution < -0.4 is 5.32 Å². The molecule has 0 radical (unpaired) electrons. The zero-order chi connectivity index (χ0) is 13.9. The number of nitrogens with one attached hydrogen (secondary N) is 1. The molecular formula is C15H23BrN4. The maximum atomic E-state index is 4.19. The zero-order valence-electron chi connectivity index (χ0n) is 12.2. The molecule has 1 heterocycles. The minimum atomic E-state index is 0.433. The minimum Gasteiger partial charge on any atom is -0.308 e. The molecule has 1 aromatic heterocycles. The van der Waals surface area contributed by atoms with Crippen LogP contribution in [0.2, 0.25) is 0 Å². The van der Waals surface area contributed by atoms with Crippen LogP contribution in [0.5, 0.6) is 0 Å². The molecule has 1 aromatic rings. The second-order valence-electron chi connectivity index (χ2n) is 6.89. The van der Waals surface area contributed by atoms with Crippen LogP contribution in [0.25, 0.3) is 0 Å². The summed E-state index contributed by atoms with van der Waals surface area (Å²) in [6.45, 7) is 3.31. The maximum absolute atomic E-state index is 4.19. The van der Waals surface area contributed by atoms with E-state index in [0.29, 0.717) is 6.04 Å². The summed E-state index contributed by atoms with van der Waals surface area (Å²) in [6.07, 6.45) is 5.65. The van der Waals surface area contributed by atoms with E-state index in [4.69, 9.17) is 0 Å². The van der Waals surface area contributed by atoms with Crippen molar-refractivity contribution in [3.63, 3.8) is 0 Å². The highest BCUT2D eigenvalue weighted by Crippen LogP contribution is 2.72. The van der Waals surface area contributed by atoms with Crippen LogP contribution in [0.1, 0.15) is 44.3 Å². The molecule has 1 N–H and O–H groups in total. The predicted molar refractivity (Wildman–Crippen MR) is 81.0 cm³/mol. The third kappa shape index (κ3) is 1.82. The van der Waals surface area contributed by atoms with Crippen molar-refractivity contribution >= 4 is 15.9 Å². The summed E-state index contributed by atoms with van der Waals surface area (Å²) in [7, 11) is 2.01. The maximum Gasteiger partial charge on any atom is 0.153 e. The third-order valence-corrected chi connectivity index (χ3v) is 6.48. The van der Waals surface area contributed by atoms with Crippen LogP contribution in [0.4, 0.5) is 0 Å². The normalized spacial score (nSPS) is 39.0. The van der Waals surface area contributed by atoms with E-state index in [1.54, 1.807) is 0 Å².